The van der Waals surface area contributed by atoms with Gasteiger partial charge in [0.2, 0.25) is 5.13 Å². The molecule has 0 saturated heterocycles. The zero-order chi connectivity index (χ0) is 20.5. The number of nitrogens with one attached hydrogen (secondary N) is 1. The summed E-state index contributed by atoms with van der Waals surface area (Å²) in [4.78, 5) is 22.6. The summed E-state index contributed by atoms with van der Waals surface area (Å²) in [6.45, 7) is 0. The van der Waals surface area contributed by atoms with Gasteiger partial charge in [-0.05, 0) is 30.3 Å². The highest BCUT2D eigenvalue weighted by atomic mass is 32.1. The highest BCUT2D eigenvalue weighted by molar-refractivity contribution is 7.18. The lowest BCUT2D eigenvalue weighted by molar-refractivity contribution is -0.384. The summed E-state index contributed by atoms with van der Waals surface area (Å²) in [5.74, 6) is -0.0947. The Balaban J connectivity index is 1.69. The standard InChI is InChI=1S/C18H11FN4O5S/c1-27-11-3-5-15-9(6-11)7-12(17(24)28-15)16-21-22-18(29-16)20-14-8-10(23(25)26)2-4-13(14)19/h2-8H,1H3,(H,20,22). The smallest absolute Gasteiger partial charge is 0.346 e. The minimum atomic E-state index is -0.690. The number of hydrogen-bond acceptors (Lipinski definition) is 9. The monoisotopic (exact) mass is 414 g/mol. The Morgan fingerprint density at radius 1 is 1.21 bits per heavy atom. The number of nitro groups is 1. The zero-order valence-corrected chi connectivity index (χ0v) is 15.5. The highest BCUT2D eigenvalue weighted by Crippen LogP contribution is 2.31. The summed E-state index contributed by atoms with van der Waals surface area (Å²) in [5.41, 5.74) is -0.441. The van der Waals surface area contributed by atoms with E-state index in [1.54, 1.807) is 24.3 Å². The number of methoxy groups -OCH3 is 1. The predicted molar refractivity (Wildman–Crippen MR) is 104 cm³/mol. The van der Waals surface area contributed by atoms with Crippen LogP contribution in [0.2, 0.25) is 0 Å². The minimum Gasteiger partial charge on any atom is -0.497 e. The Labute approximate surface area is 165 Å². The van der Waals surface area contributed by atoms with E-state index in [9.17, 15) is 19.3 Å². The fourth-order valence-corrected chi connectivity index (χ4v) is 3.36. The van der Waals surface area contributed by atoms with Crippen molar-refractivity contribution < 1.29 is 18.5 Å². The van der Waals surface area contributed by atoms with E-state index in [0.29, 0.717) is 16.7 Å². The van der Waals surface area contributed by atoms with Crippen molar-refractivity contribution in [3.05, 3.63) is 68.8 Å². The molecule has 0 spiro atoms. The Kier molecular flexibility index (Phi) is 4.64. The zero-order valence-electron chi connectivity index (χ0n) is 14.7. The lowest BCUT2D eigenvalue weighted by atomic mass is 10.2. The summed E-state index contributed by atoms with van der Waals surface area (Å²) < 4.78 is 24.4. The number of ether oxygens (including phenoxy) is 1. The van der Waals surface area contributed by atoms with Crippen LogP contribution in [0.4, 0.5) is 20.9 Å². The first kappa shape index (κ1) is 18.5. The molecule has 2 heterocycles. The van der Waals surface area contributed by atoms with Crippen LogP contribution in [-0.2, 0) is 0 Å². The first-order valence-electron chi connectivity index (χ1n) is 8.11. The van der Waals surface area contributed by atoms with Crippen LogP contribution in [0.25, 0.3) is 21.5 Å². The second-order valence-corrected chi connectivity index (χ2v) is 6.79. The molecule has 2 aromatic heterocycles. The Bertz CT molecular complexity index is 1300. The quantitative estimate of drug-likeness (QED) is 0.294. The number of fused-ring (bicyclic) bond motifs is 1. The topological polar surface area (TPSA) is 120 Å². The average molecular weight is 414 g/mol. The van der Waals surface area contributed by atoms with Gasteiger partial charge >= 0.3 is 5.63 Å². The Morgan fingerprint density at radius 3 is 2.79 bits per heavy atom. The molecule has 1 N–H and O–H groups in total. The van der Waals surface area contributed by atoms with E-state index in [-0.39, 0.29) is 27.1 Å². The van der Waals surface area contributed by atoms with E-state index in [4.69, 9.17) is 9.15 Å². The van der Waals surface area contributed by atoms with Gasteiger partial charge in [-0.1, -0.05) is 11.3 Å². The van der Waals surface area contributed by atoms with Crippen molar-refractivity contribution in [2.45, 2.75) is 0 Å². The molecule has 0 aliphatic heterocycles. The molecule has 0 atom stereocenters. The van der Waals surface area contributed by atoms with Crippen LogP contribution < -0.4 is 15.7 Å². The third kappa shape index (κ3) is 3.62. The minimum absolute atomic E-state index is 0.128. The van der Waals surface area contributed by atoms with Crippen molar-refractivity contribution in [3.8, 4) is 16.3 Å². The molecule has 0 unspecified atom stereocenters. The van der Waals surface area contributed by atoms with Gasteiger partial charge in [-0.15, -0.1) is 10.2 Å². The molecule has 11 heteroatoms. The van der Waals surface area contributed by atoms with Crippen molar-refractivity contribution in [1.29, 1.82) is 0 Å². The summed E-state index contributed by atoms with van der Waals surface area (Å²) in [7, 11) is 1.52. The number of rotatable bonds is 5. The maximum atomic E-state index is 14.0. The maximum absolute atomic E-state index is 14.0. The molecule has 0 radical (unpaired) electrons. The van der Waals surface area contributed by atoms with Crippen molar-refractivity contribution in [2.75, 3.05) is 12.4 Å². The van der Waals surface area contributed by atoms with Crippen molar-refractivity contribution >= 4 is 38.8 Å². The van der Waals surface area contributed by atoms with Crippen molar-refractivity contribution in [3.63, 3.8) is 0 Å². The van der Waals surface area contributed by atoms with Gasteiger partial charge in [-0.3, -0.25) is 10.1 Å². The number of aromatic nitrogens is 2. The van der Waals surface area contributed by atoms with Gasteiger partial charge in [0.05, 0.1) is 23.3 Å². The molecule has 4 aromatic rings. The predicted octanol–water partition coefficient (Wildman–Crippen LogP) is 4.11. The van der Waals surface area contributed by atoms with E-state index in [1.165, 1.54) is 7.11 Å². The molecule has 0 fully saturated rings. The number of benzene rings is 2. The van der Waals surface area contributed by atoms with E-state index in [2.05, 4.69) is 15.5 Å². The van der Waals surface area contributed by atoms with Gasteiger partial charge in [0.15, 0.2) is 5.01 Å². The van der Waals surface area contributed by atoms with E-state index in [1.807, 2.05) is 0 Å². The number of nitro benzene ring substituents is 1. The molecule has 0 amide bonds. The SMILES string of the molecule is COc1ccc2oc(=O)c(-c3nnc(Nc4cc([N+](=O)[O-])ccc4F)s3)cc2c1. The Hall–Kier alpha value is -3.86. The van der Waals surface area contributed by atoms with Crippen molar-refractivity contribution in [2.24, 2.45) is 0 Å². The van der Waals surface area contributed by atoms with Crippen LogP contribution in [0.1, 0.15) is 0 Å². The second kappa shape index (κ2) is 7.28. The first-order valence-corrected chi connectivity index (χ1v) is 8.93. The molecule has 9 nitrogen and oxygen atoms in total. The summed E-state index contributed by atoms with van der Waals surface area (Å²) in [6.07, 6.45) is 0. The number of anilines is 2. The fraction of sp³-hybridized carbons (Fsp3) is 0.0556. The number of non-ortho nitro benzene ring substituents is 1. The molecular formula is C18H11FN4O5S. The highest BCUT2D eigenvalue weighted by Gasteiger charge is 2.16. The van der Waals surface area contributed by atoms with E-state index < -0.39 is 16.4 Å². The van der Waals surface area contributed by atoms with Crippen LogP contribution >= 0.6 is 11.3 Å². The van der Waals surface area contributed by atoms with Gasteiger partial charge < -0.3 is 14.5 Å². The summed E-state index contributed by atoms with van der Waals surface area (Å²) in [6, 6.07) is 9.69. The summed E-state index contributed by atoms with van der Waals surface area (Å²) in [5, 5.41) is 22.4. The molecule has 2 aromatic carbocycles. The summed E-state index contributed by atoms with van der Waals surface area (Å²) >= 11 is 0.975. The van der Waals surface area contributed by atoms with E-state index >= 15 is 0 Å². The lowest BCUT2D eigenvalue weighted by Crippen LogP contribution is -2.02. The largest absolute Gasteiger partial charge is 0.497 e. The molecule has 146 valence electrons. The van der Waals surface area contributed by atoms with Crippen LogP contribution in [0.5, 0.6) is 5.75 Å². The van der Waals surface area contributed by atoms with Crippen LogP contribution in [-0.4, -0.2) is 22.2 Å². The maximum Gasteiger partial charge on any atom is 0.346 e. The van der Waals surface area contributed by atoms with Gasteiger partial charge in [-0.25, -0.2) is 9.18 Å². The van der Waals surface area contributed by atoms with E-state index in [0.717, 1.165) is 29.5 Å². The molecule has 0 aliphatic carbocycles. The molecular weight excluding hydrogens is 403 g/mol. The fourth-order valence-electron chi connectivity index (χ4n) is 2.60. The molecule has 4 rings (SSSR count). The van der Waals surface area contributed by atoms with Crippen LogP contribution in [0.3, 0.4) is 0 Å². The number of nitrogens with zero attached hydrogens (tertiary/aromatic N) is 3. The normalized spacial score (nSPS) is 10.8. The van der Waals surface area contributed by atoms with Gasteiger partial charge in [-0.2, -0.15) is 0 Å². The van der Waals surface area contributed by atoms with Crippen molar-refractivity contribution in [1.82, 2.24) is 10.2 Å². The third-order valence-corrected chi connectivity index (χ3v) is 4.87. The molecule has 0 aliphatic rings. The number of hydrogen-bond donors (Lipinski definition) is 1. The average Bonchev–Trinajstić information content (AvgIpc) is 3.17. The number of halogens is 1. The first-order chi connectivity index (χ1) is 13.9. The van der Waals surface area contributed by atoms with Gasteiger partial charge in [0, 0.05) is 17.5 Å². The lowest BCUT2D eigenvalue weighted by Gasteiger charge is -2.03. The van der Waals surface area contributed by atoms with Gasteiger partial charge in [0.25, 0.3) is 5.69 Å². The third-order valence-electron chi connectivity index (χ3n) is 4.00. The molecule has 0 saturated carbocycles. The van der Waals surface area contributed by atoms with Gasteiger partial charge in [0.1, 0.15) is 17.1 Å². The Morgan fingerprint density at radius 2 is 2.03 bits per heavy atom. The molecule has 29 heavy (non-hydrogen) atoms. The van der Waals surface area contributed by atoms with Crippen LogP contribution in [0, 0.1) is 15.9 Å². The van der Waals surface area contributed by atoms with Crippen LogP contribution in [0.15, 0.2) is 51.7 Å². The second-order valence-electron chi connectivity index (χ2n) is 5.81. The molecule has 0 bridgehead atoms.